The van der Waals surface area contributed by atoms with Crippen molar-refractivity contribution in [2.45, 2.75) is 18.9 Å². The van der Waals surface area contributed by atoms with E-state index in [2.05, 4.69) is 9.88 Å². The number of esters is 1. The molecule has 0 aliphatic carbocycles. The van der Waals surface area contributed by atoms with Gasteiger partial charge in [-0.3, -0.25) is 0 Å². The number of hydrogen-bond acceptors (Lipinski definition) is 5. The van der Waals surface area contributed by atoms with Gasteiger partial charge in [0.15, 0.2) is 0 Å². The van der Waals surface area contributed by atoms with Crippen molar-refractivity contribution in [2.24, 2.45) is 0 Å². The summed E-state index contributed by atoms with van der Waals surface area (Å²) in [6.07, 6.45) is 2.99. The summed E-state index contributed by atoms with van der Waals surface area (Å²) in [7, 11) is 1.50. The Morgan fingerprint density at radius 2 is 1.88 bits per heavy atom. The third-order valence-corrected chi connectivity index (χ3v) is 4.59. The largest absolute Gasteiger partial charge is 0.496 e. The molecular weight excluding hydrogens is 363 g/mol. The number of ether oxygens (including phenoxy) is 2. The molecule has 25 heavy (non-hydrogen) atoms. The molecule has 0 saturated carbocycles. The third kappa shape index (κ3) is 4.35. The first-order valence-corrected chi connectivity index (χ1v) is 8.73. The second kappa shape index (κ2) is 7.93. The lowest BCUT2D eigenvalue weighted by atomic mass is 10.1. The van der Waals surface area contributed by atoms with Gasteiger partial charge < -0.3 is 14.4 Å². The maximum absolute atomic E-state index is 12.4. The zero-order valence-corrected chi connectivity index (χ0v) is 15.3. The number of piperidine rings is 1. The molecule has 1 saturated heterocycles. The van der Waals surface area contributed by atoms with Crippen LogP contribution < -0.4 is 9.64 Å². The van der Waals surface area contributed by atoms with E-state index in [4.69, 9.17) is 32.7 Å². The quantitative estimate of drug-likeness (QED) is 0.743. The fraction of sp³-hybridized carbons (Fsp3) is 0.333. The molecule has 1 aliphatic heterocycles. The predicted octanol–water partition coefficient (Wildman–Crippen LogP) is 4.22. The molecule has 2 aromatic rings. The molecule has 0 atom stereocenters. The van der Waals surface area contributed by atoms with Crippen molar-refractivity contribution >= 4 is 35.0 Å². The Kier molecular flexibility index (Phi) is 5.66. The number of hydrogen-bond donors (Lipinski definition) is 0. The highest BCUT2D eigenvalue weighted by Crippen LogP contribution is 2.26. The fourth-order valence-corrected chi connectivity index (χ4v) is 3.08. The number of anilines is 1. The van der Waals surface area contributed by atoms with Crippen LogP contribution in [0.2, 0.25) is 10.0 Å². The van der Waals surface area contributed by atoms with Crippen molar-refractivity contribution in [3.8, 4) is 5.75 Å². The summed E-state index contributed by atoms with van der Waals surface area (Å²) in [5, 5.41) is 1.13. The van der Waals surface area contributed by atoms with E-state index in [9.17, 15) is 4.79 Å². The van der Waals surface area contributed by atoms with Crippen LogP contribution in [0.1, 0.15) is 23.2 Å². The maximum Gasteiger partial charge on any atom is 0.342 e. The maximum atomic E-state index is 12.4. The van der Waals surface area contributed by atoms with Crippen LogP contribution in [0.3, 0.4) is 0 Å². The van der Waals surface area contributed by atoms with Gasteiger partial charge >= 0.3 is 5.97 Å². The second-order valence-electron chi connectivity index (χ2n) is 5.77. The van der Waals surface area contributed by atoms with E-state index in [-0.39, 0.29) is 6.10 Å². The van der Waals surface area contributed by atoms with Gasteiger partial charge in [-0.05, 0) is 30.3 Å². The number of nitrogens with zero attached hydrogens (tertiary/aromatic N) is 2. The van der Waals surface area contributed by atoms with Gasteiger partial charge in [-0.2, -0.15) is 0 Å². The fourth-order valence-electron chi connectivity index (χ4n) is 2.81. The predicted molar refractivity (Wildman–Crippen MR) is 97.9 cm³/mol. The zero-order valence-electron chi connectivity index (χ0n) is 13.7. The van der Waals surface area contributed by atoms with Crippen LogP contribution >= 0.6 is 23.2 Å². The van der Waals surface area contributed by atoms with Gasteiger partial charge in [0.25, 0.3) is 0 Å². The molecule has 132 valence electrons. The van der Waals surface area contributed by atoms with Crippen LogP contribution in [0, 0.1) is 0 Å². The van der Waals surface area contributed by atoms with Crippen molar-refractivity contribution in [1.82, 2.24) is 4.98 Å². The summed E-state index contributed by atoms with van der Waals surface area (Å²) in [5.74, 6) is 0.908. The van der Waals surface area contributed by atoms with Crippen LogP contribution in [0.5, 0.6) is 5.75 Å². The molecule has 7 heteroatoms. The van der Waals surface area contributed by atoms with Gasteiger partial charge in [0.2, 0.25) is 0 Å². The molecule has 0 amide bonds. The molecule has 2 heterocycles. The number of rotatable bonds is 4. The van der Waals surface area contributed by atoms with Gasteiger partial charge in [-0.25, -0.2) is 9.78 Å². The lowest BCUT2D eigenvalue weighted by Crippen LogP contribution is -2.38. The Labute approximate surface area is 156 Å². The number of halogens is 2. The molecule has 1 aliphatic rings. The summed E-state index contributed by atoms with van der Waals surface area (Å²) in [5.41, 5.74) is 0.383. The van der Waals surface area contributed by atoms with Gasteiger partial charge in [-0.1, -0.05) is 23.2 Å². The lowest BCUT2D eigenvalue weighted by Gasteiger charge is -2.32. The minimum absolute atomic E-state index is 0.128. The topological polar surface area (TPSA) is 51.7 Å². The lowest BCUT2D eigenvalue weighted by molar-refractivity contribution is 0.0241. The van der Waals surface area contributed by atoms with Crippen molar-refractivity contribution < 1.29 is 14.3 Å². The Morgan fingerprint density at radius 3 is 2.52 bits per heavy atom. The van der Waals surface area contributed by atoms with Gasteiger partial charge in [-0.15, -0.1) is 0 Å². The minimum Gasteiger partial charge on any atom is -0.496 e. The standard InChI is InChI=1S/C18H18Cl2N2O3/c1-24-16-10-12(19)2-4-15(16)18(23)25-14-6-8-22(9-7-14)17-5-3-13(20)11-21-17/h2-5,10-11,14H,6-9H2,1H3. The molecule has 3 rings (SSSR count). The molecule has 1 aromatic carbocycles. The monoisotopic (exact) mass is 380 g/mol. The third-order valence-electron chi connectivity index (χ3n) is 4.13. The summed E-state index contributed by atoms with van der Waals surface area (Å²) >= 11 is 11.8. The Bertz CT molecular complexity index is 744. The van der Waals surface area contributed by atoms with Crippen molar-refractivity contribution in [2.75, 3.05) is 25.1 Å². The first-order valence-electron chi connectivity index (χ1n) is 7.98. The zero-order chi connectivity index (χ0) is 17.8. The smallest absolute Gasteiger partial charge is 0.342 e. The Balaban J connectivity index is 1.58. The summed E-state index contributed by atoms with van der Waals surface area (Å²) in [6.45, 7) is 1.54. The molecule has 1 aromatic heterocycles. The van der Waals surface area contributed by atoms with Crippen molar-refractivity contribution in [1.29, 1.82) is 0 Å². The summed E-state index contributed by atoms with van der Waals surface area (Å²) < 4.78 is 10.8. The summed E-state index contributed by atoms with van der Waals surface area (Å²) in [6, 6.07) is 8.59. The number of aromatic nitrogens is 1. The van der Waals surface area contributed by atoms with E-state index in [0.717, 1.165) is 31.7 Å². The Morgan fingerprint density at radius 1 is 1.16 bits per heavy atom. The molecule has 1 fully saturated rings. The average molecular weight is 381 g/mol. The number of methoxy groups -OCH3 is 1. The number of benzene rings is 1. The highest BCUT2D eigenvalue weighted by atomic mass is 35.5. The van der Waals surface area contributed by atoms with Crippen molar-refractivity contribution in [3.63, 3.8) is 0 Å². The summed E-state index contributed by atoms with van der Waals surface area (Å²) in [4.78, 5) is 18.9. The first-order chi connectivity index (χ1) is 12.1. The van der Waals surface area contributed by atoms with Crippen LogP contribution in [-0.4, -0.2) is 37.3 Å². The number of carbonyl (C=O) groups is 1. The number of pyridine rings is 1. The number of carbonyl (C=O) groups excluding carboxylic acids is 1. The second-order valence-corrected chi connectivity index (χ2v) is 6.64. The average Bonchev–Trinajstić information content (AvgIpc) is 2.63. The molecule has 0 radical (unpaired) electrons. The molecular formula is C18H18Cl2N2O3. The van der Waals surface area contributed by atoms with E-state index in [1.165, 1.54) is 7.11 Å². The SMILES string of the molecule is COc1cc(Cl)ccc1C(=O)OC1CCN(c2ccc(Cl)cn2)CC1. The normalized spacial score (nSPS) is 15.1. The minimum atomic E-state index is -0.392. The van der Waals surface area contributed by atoms with E-state index in [1.54, 1.807) is 24.4 Å². The molecule has 0 spiro atoms. The Hall–Kier alpha value is -1.98. The highest BCUT2D eigenvalue weighted by Gasteiger charge is 2.25. The van der Waals surface area contributed by atoms with Crippen LogP contribution in [0.4, 0.5) is 5.82 Å². The first kappa shape index (κ1) is 17.8. The van der Waals surface area contributed by atoms with Crippen LogP contribution in [-0.2, 0) is 4.74 Å². The van der Waals surface area contributed by atoms with E-state index in [0.29, 0.717) is 21.4 Å². The van der Waals surface area contributed by atoms with E-state index < -0.39 is 5.97 Å². The van der Waals surface area contributed by atoms with Gasteiger partial charge in [0.1, 0.15) is 23.2 Å². The van der Waals surface area contributed by atoms with Crippen LogP contribution in [0.15, 0.2) is 36.5 Å². The van der Waals surface area contributed by atoms with Gasteiger partial charge in [0.05, 0.1) is 12.1 Å². The van der Waals surface area contributed by atoms with Gasteiger partial charge in [0, 0.05) is 37.2 Å². The molecule has 0 unspecified atom stereocenters. The molecule has 0 N–H and O–H groups in total. The van der Waals surface area contributed by atoms with E-state index >= 15 is 0 Å². The van der Waals surface area contributed by atoms with E-state index in [1.807, 2.05) is 12.1 Å². The van der Waals surface area contributed by atoms with Crippen LogP contribution in [0.25, 0.3) is 0 Å². The van der Waals surface area contributed by atoms with Crippen molar-refractivity contribution in [3.05, 3.63) is 52.1 Å². The molecule has 0 bridgehead atoms. The molecule has 5 nitrogen and oxygen atoms in total. The highest BCUT2D eigenvalue weighted by molar-refractivity contribution is 6.31.